The second-order valence-electron chi connectivity index (χ2n) is 5.42. The number of nitrogens with one attached hydrogen (secondary N) is 2. The molecule has 25 heavy (non-hydrogen) atoms. The van der Waals surface area contributed by atoms with Crippen LogP contribution in [0.1, 0.15) is 23.8 Å². The van der Waals surface area contributed by atoms with Crippen molar-refractivity contribution in [2.24, 2.45) is 4.99 Å². The predicted octanol–water partition coefficient (Wildman–Crippen LogP) is 3.42. The van der Waals surface area contributed by atoms with Gasteiger partial charge >= 0.3 is 0 Å². The Hall–Kier alpha value is -2.05. The Labute approximate surface area is 154 Å². The highest BCUT2D eigenvalue weighted by Crippen LogP contribution is 2.12. The molecule has 0 spiro atoms. The summed E-state index contributed by atoms with van der Waals surface area (Å²) in [5, 5.41) is 8.85. The number of nitrogens with zero attached hydrogens (tertiary/aromatic N) is 1. The van der Waals surface area contributed by atoms with Crippen LogP contribution in [0.25, 0.3) is 0 Å². The minimum Gasteiger partial charge on any atom is -0.497 e. The van der Waals surface area contributed by atoms with Gasteiger partial charge in [0.15, 0.2) is 5.96 Å². The number of benzene rings is 1. The van der Waals surface area contributed by atoms with E-state index in [4.69, 9.17) is 9.47 Å². The molecule has 136 valence electrons. The fourth-order valence-electron chi connectivity index (χ4n) is 2.18. The summed E-state index contributed by atoms with van der Waals surface area (Å²) >= 11 is 1.74. The van der Waals surface area contributed by atoms with Crippen LogP contribution in [0.3, 0.4) is 0 Å². The highest BCUT2D eigenvalue weighted by atomic mass is 32.1. The van der Waals surface area contributed by atoms with E-state index in [-0.39, 0.29) is 0 Å². The molecule has 1 aromatic heterocycles. The van der Waals surface area contributed by atoms with Crippen molar-refractivity contribution in [3.8, 4) is 5.75 Å². The minimum atomic E-state index is 0.620. The lowest BCUT2D eigenvalue weighted by atomic mass is 10.2. The minimum absolute atomic E-state index is 0.620. The van der Waals surface area contributed by atoms with Crippen molar-refractivity contribution in [2.45, 2.75) is 26.4 Å². The van der Waals surface area contributed by atoms with Crippen LogP contribution < -0.4 is 15.4 Å². The summed E-state index contributed by atoms with van der Waals surface area (Å²) in [4.78, 5) is 5.97. The zero-order valence-corrected chi connectivity index (χ0v) is 15.8. The summed E-state index contributed by atoms with van der Waals surface area (Å²) in [6.07, 6.45) is 0.954. The molecular formula is C19H27N3O2S. The zero-order chi connectivity index (χ0) is 17.7. The number of hydrogen-bond donors (Lipinski definition) is 2. The molecule has 0 atom stereocenters. The van der Waals surface area contributed by atoms with Gasteiger partial charge in [0.25, 0.3) is 0 Å². The van der Waals surface area contributed by atoms with Crippen LogP contribution in [-0.4, -0.2) is 32.8 Å². The van der Waals surface area contributed by atoms with Gasteiger partial charge < -0.3 is 20.1 Å². The van der Waals surface area contributed by atoms with Gasteiger partial charge in [0.05, 0.1) is 20.2 Å². The molecule has 1 aromatic carbocycles. The third-order valence-corrected chi connectivity index (χ3v) is 4.43. The first-order chi connectivity index (χ1) is 12.3. The number of methoxy groups -OCH3 is 1. The van der Waals surface area contributed by atoms with Crippen molar-refractivity contribution < 1.29 is 9.47 Å². The van der Waals surface area contributed by atoms with E-state index in [1.165, 1.54) is 4.88 Å². The Morgan fingerprint density at radius 1 is 1.16 bits per heavy atom. The topological polar surface area (TPSA) is 54.9 Å². The smallest absolute Gasteiger partial charge is 0.191 e. The lowest BCUT2D eigenvalue weighted by Gasteiger charge is -2.12. The molecule has 0 fully saturated rings. The van der Waals surface area contributed by atoms with Crippen LogP contribution in [0, 0.1) is 0 Å². The van der Waals surface area contributed by atoms with Crippen molar-refractivity contribution in [1.82, 2.24) is 10.6 Å². The van der Waals surface area contributed by atoms with Crippen LogP contribution in [0.5, 0.6) is 5.75 Å². The van der Waals surface area contributed by atoms with Gasteiger partial charge in [-0.1, -0.05) is 18.2 Å². The van der Waals surface area contributed by atoms with Gasteiger partial charge in [0, 0.05) is 24.6 Å². The maximum Gasteiger partial charge on any atom is 0.191 e. The molecule has 1 heterocycles. The van der Waals surface area contributed by atoms with Gasteiger partial charge in [-0.3, -0.25) is 0 Å². The average Bonchev–Trinajstić information content (AvgIpc) is 3.17. The van der Waals surface area contributed by atoms with E-state index in [0.29, 0.717) is 6.54 Å². The molecule has 2 aromatic rings. The summed E-state index contributed by atoms with van der Waals surface area (Å²) in [6.45, 7) is 5.76. The van der Waals surface area contributed by atoms with Crippen LogP contribution in [-0.2, 0) is 17.8 Å². The lowest BCUT2D eigenvalue weighted by molar-refractivity contribution is 0.145. The van der Waals surface area contributed by atoms with E-state index in [0.717, 1.165) is 50.0 Å². The molecule has 0 saturated heterocycles. The third kappa shape index (κ3) is 7.58. The molecule has 2 N–H and O–H groups in total. The Balaban J connectivity index is 1.88. The van der Waals surface area contributed by atoms with Gasteiger partial charge in [-0.15, -0.1) is 11.3 Å². The van der Waals surface area contributed by atoms with Gasteiger partial charge in [0.2, 0.25) is 0 Å². The molecule has 5 nitrogen and oxygen atoms in total. The normalized spacial score (nSPS) is 11.4. The highest BCUT2D eigenvalue weighted by Gasteiger charge is 2.01. The SMILES string of the molecule is CCOCCCNC(=NCc1ccc(OC)cc1)NCc1cccs1. The van der Waals surface area contributed by atoms with Crippen molar-refractivity contribution in [3.05, 3.63) is 52.2 Å². The van der Waals surface area contributed by atoms with Gasteiger partial charge in [-0.05, 0) is 42.5 Å². The van der Waals surface area contributed by atoms with E-state index in [2.05, 4.69) is 33.1 Å². The molecule has 6 heteroatoms. The van der Waals surface area contributed by atoms with E-state index >= 15 is 0 Å². The fourth-order valence-corrected chi connectivity index (χ4v) is 2.83. The first-order valence-corrected chi connectivity index (χ1v) is 9.45. The first-order valence-electron chi connectivity index (χ1n) is 8.57. The molecule has 2 rings (SSSR count). The second kappa shape index (κ2) is 11.5. The first kappa shape index (κ1) is 19.3. The molecule has 0 aliphatic heterocycles. The maximum atomic E-state index is 5.37. The van der Waals surface area contributed by atoms with E-state index in [1.807, 2.05) is 31.2 Å². The Bertz CT molecular complexity index is 612. The van der Waals surface area contributed by atoms with Gasteiger partial charge in [-0.2, -0.15) is 0 Å². The standard InChI is InChI=1S/C19H27N3O2S/c1-3-24-12-5-11-20-19(22-15-18-6-4-13-25-18)21-14-16-7-9-17(23-2)10-8-16/h4,6-10,13H,3,5,11-12,14-15H2,1-2H3,(H2,20,21,22). The van der Waals surface area contributed by atoms with Crippen LogP contribution >= 0.6 is 11.3 Å². The predicted molar refractivity (Wildman–Crippen MR) is 104 cm³/mol. The number of rotatable bonds is 10. The van der Waals surface area contributed by atoms with E-state index in [9.17, 15) is 0 Å². The number of aliphatic imine (C=N–C) groups is 1. The number of guanidine groups is 1. The Morgan fingerprint density at radius 2 is 2.00 bits per heavy atom. The summed E-state index contributed by atoms with van der Waals surface area (Å²) in [5.41, 5.74) is 1.15. The maximum absolute atomic E-state index is 5.37. The van der Waals surface area contributed by atoms with Crippen LogP contribution in [0.2, 0.25) is 0 Å². The van der Waals surface area contributed by atoms with Gasteiger partial charge in [0.1, 0.15) is 5.75 Å². The van der Waals surface area contributed by atoms with Crippen molar-refractivity contribution >= 4 is 17.3 Å². The Morgan fingerprint density at radius 3 is 2.68 bits per heavy atom. The van der Waals surface area contributed by atoms with Crippen LogP contribution in [0.4, 0.5) is 0 Å². The summed E-state index contributed by atoms with van der Waals surface area (Å²) in [5.74, 6) is 1.68. The highest BCUT2D eigenvalue weighted by molar-refractivity contribution is 7.09. The number of hydrogen-bond acceptors (Lipinski definition) is 4. The number of thiophene rings is 1. The molecule has 0 saturated carbocycles. The average molecular weight is 362 g/mol. The molecule has 0 bridgehead atoms. The van der Waals surface area contributed by atoms with Crippen LogP contribution in [0.15, 0.2) is 46.8 Å². The van der Waals surface area contributed by atoms with E-state index in [1.54, 1.807) is 18.4 Å². The molecule has 0 aliphatic rings. The molecule has 0 amide bonds. The van der Waals surface area contributed by atoms with Gasteiger partial charge in [-0.25, -0.2) is 4.99 Å². The van der Waals surface area contributed by atoms with Crippen molar-refractivity contribution in [1.29, 1.82) is 0 Å². The third-order valence-electron chi connectivity index (χ3n) is 3.55. The summed E-state index contributed by atoms with van der Waals surface area (Å²) < 4.78 is 10.6. The zero-order valence-electron chi connectivity index (χ0n) is 15.0. The summed E-state index contributed by atoms with van der Waals surface area (Å²) in [6, 6.07) is 12.2. The number of ether oxygens (including phenoxy) is 2. The molecular weight excluding hydrogens is 334 g/mol. The molecule has 0 radical (unpaired) electrons. The molecule has 0 unspecified atom stereocenters. The largest absolute Gasteiger partial charge is 0.497 e. The monoisotopic (exact) mass is 361 g/mol. The van der Waals surface area contributed by atoms with Crippen molar-refractivity contribution in [2.75, 3.05) is 26.9 Å². The quantitative estimate of drug-likeness (QED) is 0.387. The van der Waals surface area contributed by atoms with Crippen molar-refractivity contribution in [3.63, 3.8) is 0 Å². The lowest BCUT2D eigenvalue weighted by Crippen LogP contribution is -2.37. The second-order valence-corrected chi connectivity index (χ2v) is 6.46. The fraction of sp³-hybridized carbons (Fsp3) is 0.421. The summed E-state index contributed by atoms with van der Waals surface area (Å²) in [7, 11) is 1.67. The molecule has 0 aliphatic carbocycles. The van der Waals surface area contributed by atoms with E-state index < -0.39 is 0 Å². The Kier molecular flexibility index (Phi) is 8.86.